The van der Waals surface area contributed by atoms with Crippen molar-refractivity contribution in [3.05, 3.63) is 53.5 Å². The van der Waals surface area contributed by atoms with Crippen molar-refractivity contribution in [3.63, 3.8) is 0 Å². The Bertz CT molecular complexity index is 886. The highest BCUT2D eigenvalue weighted by Crippen LogP contribution is 2.25. The molecule has 0 fully saturated rings. The minimum atomic E-state index is -0.368. The average molecular weight is 371 g/mol. The first-order valence-electron chi connectivity index (χ1n) is 7.78. The van der Waals surface area contributed by atoms with E-state index < -0.39 is 0 Å². The quantitative estimate of drug-likeness (QED) is 0.720. The lowest BCUT2D eigenvalue weighted by atomic mass is 10.2. The van der Waals surface area contributed by atoms with Gasteiger partial charge in [0.2, 0.25) is 0 Å². The summed E-state index contributed by atoms with van der Waals surface area (Å²) in [7, 11) is 3.33. The third kappa shape index (κ3) is 4.28. The van der Waals surface area contributed by atoms with Crippen molar-refractivity contribution in [1.29, 1.82) is 0 Å². The van der Waals surface area contributed by atoms with Gasteiger partial charge in [0.1, 0.15) is 5.75 Å². The van der Waals surface area contributed by atoms with Gasteiger partial charge >= 0.3 is 0 Å². The van der Waals surface area contributed by atoms with Crippen LogP contribution in [0.2, 0.25) is 0 Å². The van der Waals surface area contributed by atoms with Gasteiger partial charge in [-0.1, -0.05) is 11.2 Å². The number of likely N-dealkylation sites (N-methyl/N-ethyl adjacent to an activating group) is 1. The van der Waals surface area contributed by atoms with E-state index in [2.05, 4.69) is 10.5 Å². The van der Waals surface area contributed by atoms with Gasteiger partial charge in [-0.05, 0) is 35.7 Å². The summed E-state index contributed by atoms with van der Waals surface area (Å²) in [6.07, 6.45) is 0. The zero-order valence-corrected chi connectivity index (χ0v) is 15.1. The largest absolute Gasteiger partial charge is 0.484 e. The van der Waals surface area contributed by atoms with E-state index in [0.717, 1.165) is 4.88 Å². The second kappa shape index (κ2) is 7.83. The standard InChI is InChI=1S/C18H17N3O4S/c1-21(2)17(22)11-24-13-7-5-12(6-8-13)19-18(23)14-10-15(25-20-14)16-4-3-9-26-16/h3-10H,11H2,1-2H3,(H,19,23). The third-order valence-corrected chi connectivity index (χ3v) is 4.36. The van der Waals surface area contributed by atoms with Crippen LogP contribution in [0.25, 0.3) is 10.6 Å². The SMILES string of the molecule is CN(C)C(=O)COc1ccc(NC(=O)c2cc(-c3cccs3)on2)cc1. The van der Waals surface area contributed by atoms with Crippen molar-refractivity contribution < 1.29 is 18.8 Å². The monoisotopic (exact) mass is 371 g/mol. The van der Waals surface area contributed by atoms with Gasteiger partial charge in [-0.25, -0.2) is 0 Å². The number of benzene rings is 1. The zero-order valence-electron chi connectivity index (χ0n) is 14.3. The van der Waals surface area contributed by atoms with Crippen LogP contribution < -0.4 is 10.1 Å². The summed E-state index contributed by atoms with van der Waals surface area (Å²) < 4.78 is 10.6. The van der Waals surface area contributed by atoms with Crippen LogP contribution in [0.15, 0.2) is 52.4 Å². The topological polar surface area (TPSA) is 84.7 Å². The lowest BCUT2D eigenvalue weighted by Crippen LogP contribution is -2.27. The molecular weight excluding hydrogens is 354 g/mol. The minimum absolute atomic E-state index is 0.0385. The molecule has 26 heavy (non-hydrogen) atoms. The number of carbonyl (C=O) groups is 2. The minimum Gasteiger partial charge on any atom is -0.484 e. The molecule has 1 N–H and O–H groups in total. The van der Waals surface area contributed by atoms with Gasteiger partial charge < -0.3 is 19.5 Å². The Hall–Kier alpha value is -3.13. The fourth-order valence-electron chi connectivity index (χ4n) is 2.02. The molecule has 8 heteroatoms. The molecule has 0 unspecified atom stereocenters. The fourth-order valence-corrected chi connectivity index (χ4v) is 2.69. The Morgan fingerprint density at radius 2 is 2.00 bits per heavy atom. The first-order chi connectivity index (χ1) is 12.5. The van der Waals surface area contributed by atoms with Gasteiger partial charge in [-0.3, -0.25) is 9.59 Å². The number of nitrogens with zero attached hydrogens (tertiary/aromatic N) is 2. The highest BCUT2D eigenvalue weighted by Gasteiger charge is 2.14. The smallest absolute Gasteiger partial charge is 0.277 e. The Morgan fingerprint density at radius 1 is 1.23 bits per heavy atom. The third-order valence-electron chi connectivity index (χ3n) is 3.48. The Kier molecular flexibility index (Phi) is 5.33. The summed E-state index contributed by atoms with van der Waals surface area (Å²) in [5, 5.41) is 8.47. The molecule has 1 aromatic carbocycles. The highest BCUT2D eigenvalue weighted by atomic mass is 32.1. The summed E-state index contributed by atoms with van der Waals surface area (Å²) in [5.41, 5.74) is 0.785. The summed E-state index contributed by atoms with van der Waals surface area (Å²) >= 11 is 1.51. The molecule has 3 aromatic rings. The van der Waals surface area contributed by atoms with E-state index in [0.29, 0.717) is 17.2 Å². The molecule has 2 amide bonds. The highest BCUT2D eigenvalue weighted by molar-refractivity contribution is 7.13. The number of aromatic nitrogens is 1. The molecule has 0 aliphatic heterocycles. The number of carbonyl (C=O) groups excluding carboxylic acids is 2. The molecule has 2 aromatic heterocycles. The van der Waals surface area contributed by atoms with Gasteiger partial charge in [-0.2, -0.15) is 0 Å². The molecule has 0 aliphatic rings. The van der Waals surface area contributed by atoms with Crippen molar-refractivity contribution in [1.82, 2.24) is 10.1 Å². The molecule has 0 saturated heterocycles. The van der Waals surface area contributed by atoms with Crippen LogP contribution in [-0.4, -0.2) is 42.6 Å². The molecule has 3 rings (SSSR count). The number of ether oxygens (including phenoxy) is 1. The lowest BCUT2D eigenvalue weighted by Gasteiger charge is -2.11. The lowest BCUT2D eigenvalue weighted by molar-refractivity contribution is -0.130. The second-order valence-electron chi connectivity index (χ2n) is 5.61. The molecule has 2 heterocycles. The maximum Gasteiger partial charge on any atom is 0.277 e. The number of hydrogen-bond acceptors (Lipinski definition) is 6. The number of nitrogens with one attached hydrogen (secondary N) is 1. The number of rotatable bonds is 6. The van der Waals surface area contributed by atoms with Crippen molar-refractivity contribution in [2.24, 2.45) is 0 Å². The van der Waals surface area contributed by atoms with Gasteiger partial charge in [0.05, 0.1) is 4.88 Å². The molecule has 0 bridgehead atoms. The maximum absolute atomic E-state index is 12.3. The van der Waals surface area contributed by atoms with Crippen molar-refractivity contribution in [2.45, 2.75) is 0 Å². The van der Waals surface area contributed by atoms with Crippen LogP contribution in [0.3, 0.4) is 0 Å². The molecule has 7 nitrogen and oxygen atoms in total. The van der Waals surface area contributed by atoms with E-state index in [9.17, 15) is 9.59 Å². The Balaban J connectivity index is 1.58. The zero-order chi connectivity index (χ0) is 18.5. The van der Waals surface area contributed by atoms with Gasteiger partial charge in [0, 0.05) is 25.8 Å². The molecule has 0 radical (unpaired) electrons. The van der Waals surface area contributed by atoms with Gasteiger partial charge in [-0.15, -0.1) is 11.3 Å². The molecule has 134 valence electrons. The van der Waals surface area contributed by atoms with E-state index in [1.807, 2.05) is 17.5 Å². The summed E-state index contributed by atoms with van der Waals surface area (Å²) in [6, 6.07) is 12.1. The van der Waals surface area contributed by atoms with E-state index in [-0.39, 0.29) is 24.1 Å². The summed E-state index contributed by atoms with van der Waals surface area (Å²) in [6.45, 7) is -0.0385. The Labute approximate surface area is 154 Å². The van der Waals surface area contributed by atoms with E-state index in [1.165, 1.54) is 16.2 Å². The normalized spacial score (nSPS) is 10.4. The molecule has 0 atom stereocenters. The molecular formula is C18H17N3O4S. The van der Waals surface area contributed by atoms with E-state index in [1.54, 1.807) is 44.4 Å². The van der Waals surface area contributed by atoms with Crippen LogP contribution in [0.5, 0.6) is 5.75 Å². The number of anilines is 1. The van der Waals surface area contributed by atoms with Crippen molar-refractivity contribution >= 4 is 28.8 Å². The van der Waals surface area contributed by atoms with Crippen molar-refractivity contribution in [3.8, 4) is 16.4 Å². The Morgan fingerprint density at radius 3 is 2.65 bits per heavy atom. The van der Waals surface area contributed by atoms with Crippen molar-refractivity contribution in [2.75, 3.05) is 26.0 Å². The van der Waals surface area contributed by atoms with Crippen LogP contribution in [0.4, 0.5) is 5.69 Å². The summed E-state index contributed by atoms with van der Waals surface area (Å²) in [5.74, 6) is 0.599. The van der Waals surface area contributed by atoms with Crippen LogP contribution >= 0.6 is 11.3 Å². The number of hydrogen-bond donors (Lipinski definition) is 1. The van der Waals surface area contributed by atoms with Crippen LogP contribution in [0.1, 0.15) is 10.5 Å². The van der Waals surface area contributed by atoms with Crippen LogP contribution in [0, 0.1) is 0 Å². The van der Waals surface area contributed by atoms with Gasteiger partial charge in [0.15, 0.2) is 18.1 Å². The molecule has 0 aliphatic carbocycles. The van der Waals surface area contributed by atoms with E-state index >= 15 is 0 Å². The molecule has 0 saturated carbocycles. The number of amides is 2. The predicted molar refractivity (Wildman–Crippen MR) is 98.4 cm³/mol. The maximum atomic E-state index is 12.3. The van der Waals surface area contributed by atoms with Gasteiger partial charge in [0.25, 0.3) is 11.8 Å². The van der Waals surface area contributed by atoms with E-state index in [4.69, 9.17) is 9.26 Å². The predicted octanol–water partition coefficient (Wildman–Crippen LogP) is 3.12. The van der Waals surface area contributed by atoms with Crippen LogP contribution in [-0.2, 0) is 4.79 Å². The fraction of sp³-hybridized carbons (Fsp3) is 0.167. The average Bonchev–Trinajstić information content (AvgIpc) is 3.31. The second-order valence-corrected chi connectivity index (χ2v) is 6.56. The first-order valence-corrected chi connectivity index (χ1v) is 8.66. The summed E-state index contributed by atoms with van der Waals surface area (Å²) in [4.78, 5) is 26.1. The number of thiophene rings is 1. The first kappa shape index (κ1) is 17.7. The molecule has 0 spiro atoms.